The second-order valence-corrected chi connectivity index (χ2v) is 13.1. The first-order valence-corrected chi connectivity index (χ1v) is 11.5. The van der Waals surface area contributed by atoms with Crippen molar-refractivity contribution >= 4 is 17.3 Å². The quantitative estimate of drug-likeness (QED) is 0.771. The molecule has 0 amide bonds. The van der Waals surface area contributed by atoms with Crippen molar-refractivity contribution in [2.75, 3.05) is 28.6 Å². The average Bonchev–Trinajstić information content (AvgIpc) is 2.94. The third-order valence-corrected chi connectivity index (χ3v) is 8.22. The number of hydrogen-bond acceptors (Lipinski definition) is 5. The van der Waals surface area contributed by atoms with Gasteiger partial charge >= 0.3 is 0 Å². The molecule has 2 aliphatic carbocycles. The number of fused-ring (bicyclic) bond motifs is 4. The molecule has 4 bridgehead atoms. The van der Waals surface area contributed by atoms with Gasteiger partial charge in [-0.25, -0.2) is 9.97 Å². The molecule has 2 saturated heterocycles. The Labute approximate surface area is 176 Å². The highest BCUT2D eigenvalue weighted by Crippen LogP contribution is 2.56. The lowest BCUT2D eigenvalue weighted by molar-refractivity contribution is 0.136. The van der Waals surface area contributed by atoms with E-state index in [2.05, 4.69) is 51.3 Å². The molecule has 4 unspecified atom stereocenters. The van der Waals surface area contributed by atoms with E-state index in [1.165, 1.54) is 38.5 Å². The summed E-state index contributed by atoms with van der Waals surface area (Å²) in [6.07, 6.45) is 9.28. The molecule has 160 valence electrons. The van der Waals surface area contributed by atoms with Crippen molar-refractivity contribution in [2.45, 2.75) is 92.2 Å². The Kier molecular flexibility index (Phi) is 3.88. The minimum Gasteiger partial charge on any atom is -0.393 e. The first-order chi connectivity index (χ1) is 13.4. The summed E-state index contributed by atoms with van der Waals surface area (Å²) in [6, 6.07) is 1.09. The molecule has 0 radical (unpaired) electrons. The van der Waals surface area contributed by atoms with E-state index in [0.717, 1.165) is 30.4 Å². The molecule has 5 heteroatoms. The van der Waals surface area contributed by atoms with Gasteiger partial charge in [-0.1, -0.05) is 41.5 Å². The van der Waals surface area contributed by atoms with Crippen LogP contribution in [-0.2, 0) is 0 Å². The molecule has 2 saturated carbocycles. The van der Waals surface area contributed by atoms with Crippen LogP contribution in [0.2, 0.25) is 0 Å². The fraction of sp³-hybridized carbons (Fsp3) is 0.833. The first kappa shape index (κ1) is 19.4. The summed E-state index contributed by atoms with van der Waals surface area (Å²) in [5, 5.41) is 0. The van der Waals surface area contributed by atoms with Crippen LogP contribution in [-0.4, -0.2) is 35.1 Å². The van der Waals surface area contributed by atoms with Crippen LogP contribution in [0.4, 0.5) is 17.3 Å². The predicted octanol–water partition coefficient (Wildman–Crippen LogP) is 4.87. The molecule has 0 aromatic carbocycles. The molecular weight excluding hydrogens is 358 g/mol. The maximum absolute atomic E-state index is 6.82. The smallest absolute Gasteiger partial charge is 0.157 e. The second kappa shape index (κ2) is 5.79. The summed E-state index contributed by atoms with van der Waals surface area (Å²) in [6.45, 7) is 16.7. The molecule has 4 atom stereocenters. The molecule has 4 aliphatic rings. The Morgan fingerprint density at radius 2 is 1.17 bits per heavy atom. The molecule has 1 aromatic rings. The van der Waals surface area contributed by atoms with Crippen LogP contribution in [0.3, 0.4) is 0 Å². The highest BCUT2D eigenvalue weighted by atomic mass is 15.3. The topological polar surface area (TPSA) is 58.3 Å². The zero-order valence-corrected chi connectivity index (χ0v) is 19.3. The van der Waals surface area contributed by atoms with Gasteiger partial charge in [-0.05, 0) is 60.2 Å². The van der Waals surface area contributed by atoms with E-state index in [1.807, 2.05) is 0 Å². The Balaban J connectivity index is 1.48. The molecular formula is C24H39N5. The number of rotatable bonds is 2. The van der Waals surface area contributed by atoms with Gasteiger partial charge in [-0.2, -0.15) is 0 Å². The van der Waals surface area contributed by atoms with Crippen LogP contribution in [0.1, 0.15) is 80.1 Å². The average molecular weight is 398 g/mol. The Morgan fingerprint density at radius 1 is 0.759 bits per heavy atom. The number of nitrogen functional groups attached to an aromatic ring is 1. The van der Waals surface area contributed by atoms with Crippen LogP contribution in [0.25, 0.3) is 0 Å². The maximum Gasteiger partial charge on any atom is 0.157 e. The van der Waals surface area contributed by atoms with Gasteiger partial charge in [0.05, 0.1) is 0 Å². The summed E-state index contributed by atoms with van der Waals surface area (Å²) in [5.41, 5.74) is 9.14. The zero-order chi connectivity index (χ0) is 20.8. The molecule has 0 spiro atoms. The molecule has 2 N–H and O–H groups in total. The lowest BCUT2D eigenvalue weighted by atomic mass is 9.65. The molecule has 29 heavy (non-hydrogen) atoms. The fourth-order valence-electron chi connectivity index (χ4n) is 8.25. The number of hydrogen-bond donors (Lipinski definition) is 1. The van der Waals surface area contributed by atoms with Gasteiger partial charge in [0.15, 0.2) is 11.6 Å². The molecule has 4 fully saturated rings. The molecule has 2 aliphatic heterocycles. The highest BCUT2D eigenvalue weighted by molar-refractivity contribution is 5.77. The number of nitrogens with zero attached hydrogens (tertiary/aromatic N) is 4. The van der Waals surface area contributed by atoms with E-state index < -0.39 is 0 Å². The summed E-state index contributed by atoms with van der Waals surface area (Å²) >= 11 is 0. The lowest BCUT2D eigenvalue weighted by Crippen LogP contribution is -2.36. The number of nitrogens with two attached hydrogens (primary N) is 1. The van der Waals surface area contributed by atoms with Crippen molar-refractivity contribution in [3.05, 3.63) is 6.33 Å². The van der Waals surface area contributed by atoms with E-state index in [9.17, 15) is 0 Å². The maximum atomic E-state index is 6.82. The van der Waals surface area contributed by atoms with Crippen LogP contribution in [0, 0.1) is 21.7 Å². The zero-order valence-electron chi connectivity index (χ0n) is 19.3. The van der Waals surface area contributed by atoms with Crippen LogP contribution >= 0.6 is 0 Å². The minimum atomic E-state index is 0.367. The van der Waals surface area contributed by atoms with Gasteiger partial charge < -0.3 is 15.5 Å². The van der Waals surface area contributed by atoms with Gasteiger partial charge in [0.25, 0.3) is 0 Å². The summed E-state index contributed by atoms with van der Waals surface area (Å²) in [4.78, 5) is 14.5. The van der Waals surface area contributed by atoms with Crippen molar-refractivity contribution in [3.8, 4) is 0 Å². The molecule has 1 aromatic heterocycles. The number of aromatic nitrogens is 2. The van der Waals surface area contributed by atoms with E-state index >= 15 is 0 Å². The van der Waals surface area contributed by atoms with Crippen molar-refractivity contribution in [1.82, 2.24) is 9.97 Å². The second-order valence-electron chi connectivity index (χ2n) is 13.1. The summed E-state index contributed by atoms with van der Waals surface area (Å²) < 4.78 is 0. The normalized spacial score (nSPS) is 39.8. The van der Waals surface area contributed by atoms with E-state index in [-0.39, 0.29) is 0 Å². The standard InChI is InChI=1S/C24H39N5/c1-21(2)7-16-9-23(5,11-21)13-28(16)19-18(25)20(27-15-26-19)29-14-24(6)10-17(29)8-22(3,4)12-24/h15-17H,7-14,25H2,1-6H3. The Morgan fingerprint density at radius 3 is 1.59 bits per heavy atom. The van der Waals surface area contributed by atoms with Crippen molar-refractivity contribution < 1.29 is 0 Å². The van der Waals surface area contributed by atoms with Gasteiger partial charge in [-0.3, -0.25) is 0 Å². The molecule has 3 heterocycles. The number of anilines is 3. The largest absolute Gasteiger partial charge is 0.393 e. The predicted molar refractivity (Wildman–Crippen MR) is 120 cm³/mol. The van der Waals surface area contributed by atoms with Gasteiger partial charge in [0.1, 0.15) is 12.0 Å². The Hall–Kier alpha value is -1.52. The third kappa shape index (κ3) is 3.19. The minimum absolute atomic E-state index is 0.367. The van der Waals surface area contributed by atoms with E-state index in [4.69, 9.17) is 15.7 Å². The Bertz CT molecular complexity index is 768. The third-order valence-electron chi connectivity index (χ3n) is 8.22. The highest BCUT2D eigenvalue weighted by Gasteiger charge is 2.52. The molecule has 5 rings (SSSR count). The van der Waals surface area contributed by atoms with E-state index in [0.29, 0.717) is 33.7 Å². The first-order valence-electron chi connectivity index (χ1n) is 11.5. The van der Waals surface area contributed by atoms with Crippen LogP contribution < -0.4 is 15.5 Å². The summed E-state index contributed by atoms with van der Waals surface area (Å²) in [7, 11) is 0. The van der Waals surface area contributed by atoms with Crippen molar-refractivity contribution in [3.63, 3.8) is 0 Å². The monoisotopic (exact) mass is 397 g/mol. The SMILES string of the molecule is CC1(C)CC2CC(C)(CN2c2ncnc(N3CC4(C)CC3CC(C)(C)C4)c2N)C1. The fourth-order valence-corrected chi connectivity index (χ4v) is 8.25. The van der Waals surface area contributed by atoms with E-state index in [1.54, 1.807) is 6.33 Å². The van der Waals surface area contributed by atoms with Crippen LogP contribution in [0.15, 0.2) is 6.33 Å². The molecule has 5 nitrogen and oxygen atoms in total. The van der Waals surface area contributed by atoms with Crippen molar-refractivity contribution in [1.29, 1.82) is 0 Å². The van der Waals surface area contributed by atoms with Crippen molar-refractivity contribution in [2.24, 2.45) is 21.7 Å². The summed E-state index contributed by atoms with van der Waals surface area (Å²) in [5.74, 6) is 1.96. The van der Waals surface area contributed by atoms with Crippen LogP contribution in [0.5, 0.6) is 0 Å². The lowest BCUT2D eigenvalue weighted by Gasteiger charge is -2.40. The van der Waals surface area contributed by atoms with Gasteiger partial charge in [-0.15, -0.1) is 0 Å². The van der Waals surface area contributed by atoms with Gasteiger partial charge in [0, 0.05) is 25.2 Å². The van der Waals surface area contributed by atoms with Gasteiger partial charge in [0.2, 0.25) is 0 Å².